The smallest absolute Gasteiger partial charge is 0.283 e. The molecule has 62 valence electrons. The summed E-state index contributed by atoms with van der Waals surface area (Å²) in [6.07, 6.45) is 5.48. The van der Waals surface area contributed by atoms with Crippen LogP contribution in [0.1, 0.15) is 5.69 Å². The molecular formula is C7H7N3O2. The Bertz CT molecular complexity index is 308. The summed E-state index contributed by atoms with van der Waals surface area (Å²) in [7, 11) is 0. The molecule has 0 radical (unpaired) electrons. The van der Waals surface area contributed by atoms with Crippen molar-refractivity contribution in [2.75, 3.05) is 0 Å². The second-order valence-corrected chi connectivity index (χ2v) is 2.02. The molecule has 0 unspecified atom stereocenters. The first-order valence-corrected chi connectivity index (χ1v) is 3.16. The van der Waals surface area contributed by atoms with Gasteiger partial charge in [-0.1, -0.05) is 0 Å². The van der Waals surface area contributed by atoms with Gasteiger partial charge in [0.25, 0.3) is 5.91 Å². The van der Waals surface area contributed by atoms with Crippen LogP contribution in [0.25, 0.3) is 6.08 Å². The first-order chi connectivity index (χ1) is 5.70. The lowest BCUT2D eigenvalue weighted by Gasteiger charge is -1.92. The standard InChI is InChI=1S/C7H7N3O2/c8-7(12)6(11)3-5-4-9-1-2-10-5/h1-4,11H,(H2,8,12). The van der Waals surface area contributed by atoms with Gasteiger partial charge < -0.3 is 10.8 Å². The van der Waals surface area contributed by atoms with Gasteiger partial charge in [-0.25, -0.2) is 0 Å². The highest BCUT2D eigenvalue weighted by atomic mass is 16.3. The Hall–Kier alpha value is -1.91. The lowest BCUT2D eigenvalue weighted by molar-refractivity contribution is -0.116. The van der Waals surface area contributed by atoms with E-state index in [2.05, 4.69) is 9.97 Å². The van der Waals surface area contributed by atoms with Gasteiger partial charge in [0.1, 0.15) is 0 Å². The fourth-order valence-electron chi connectivity index (χ4n) is 0.596. The summed E-state index contributed by atoms with van der Waals surface area (Å²) in [5.41, 5.74) is 5.16. The Morgan fingerprint density at radius 2 is 2.33 bits per heavy atom. The predicted octanol–water partition coefficient (Wildman–Crippen LogP) is -0.139. The molecule has 0 aliphatic heterocycles. The van der Waals surface area contributed by atoms with E-state index in [1.165, 1.54) is 18.6 Å². The van der Waals surface area contributed by atoms with Gasteiger partial charge in [0.05, 0.1) is 11.9 Å². The third-order valence-corrected chi connectivity index (χ3v) is 1.12. The molecule has 0 atom stereocenters. The Kier molecular flexibility index (Phi) is 2.37. The maximum absolute atomic E-state index is 10.4. The molecule has 5 heteroatoms. The first kappa shape index (κ1) is 8.19. The average Bonchev–Trinajstić information content (AvgIpc) is 2.06. The van der Waals surface area contributed by atoms with Crippen LogP contribution in [0.5, 0.6) is 0 Å². The molecule has 0 aromatic carbocycles. The van der Waals surface area contributed by atoms with Crippen molar-refractivity contribution in [1.29, 1.82) is 0 Å². The van der Waals surface area contributed by atoms with Gasteiger partial charge in [-0.3, -0.25) is 14.8 Å². The summed E-state index contributed by atoms with van der Waals surface area (Å²) in [4.78, 5) is 17.9. The van der Waals surface area contributed by atoms with E-state index in [1.807, 2.05) is 0 Å². The summed E-state index contributed by atoms with van der Waals surface area (Å²) in [5.74, 6) is -1.42. The number of aliphatic hydroxyl groups excluding tert-OH is 1. The van der Waals surface area contributed by atoms with Gasteiger partial charge >= 0.3 is 0 Å². The van der Waals surface area contributed by atoms with E-state index >= 15 is 0 Å². The van der Waals surface area contributed by atoms with Crippen LogP contribution in [0.4, 0.5) is 0 Å². The van der Waals surface area contributed by atoms with Crippen LogP contribution in [0.15, 0.2) is 24.3 Å². The molecule has 1 aromatic heterocycles. The maximum Gasteiger partial charge on any atom is 0.283 e. The van der Waals surface area contributed by atoms with Gasteiger partial charge in [0.15, 0.2) is 5.76 Å². The third-order valence-electron chi connectivity index (χ3n) is 1.12. The zero-order valence-corrected chi connectivity index (χ0v) is 6.14. The number of amides is 1. The fourth-order valence-corrected chi connectivity index (χ4v) is 0.596. The quantitative estimate of drug-likeness (QED) is 0.471. The van der Waals surface area contributed by atoms with Crippen LogP contribution >= 0.6 is 0 Å². The summed E-state index contributed by atoms with van der Waals surface area (Å²) < 4.78 is 0. The largest absolute Gasteiger partial charge is 0.503 e. The number of nitrogens with zero attached hydrogens (tertiary/aromatic N) is 2. The molecular weight excluding hydrogens is 158 g/mol. The van der Waals surface area contributed by atoms with Gasteiger partial charge in [0, 0.05) is 18.5 Å². The molecule has 1 rings (SSSR count). The molecule has 0 bridgehead atoms. The number of aliphatic hydroxyl groups is 1. The highest BCUT2D eigenvalue weighted by Crippen LogP contribution is 1.97. The van der Waals surface area contributed by atoms with E-state index in [9.17, 15) is 4.79 Å². The lowest BCUT2D eigenvalue weighted by atomic mass is 10.3. The van der Waals surface area contributed by atoms with E-state index in [4.69, 9.17) is 10.8 Å². The Balaban J connectivity index is 2.89. The monoisotopic (exact) mass is 165 g/mol. The number of rotatable bonds is 2. The van der Waals surface area contributed by atoms with Crippen molar-refractivity contribution in [2.45, 2.75) is 0 Å². The van der Waals surface area contributed by atoms with Gasteiger partial charge in [-0.2, -0.15) is 0 Å². The molecule has 12 heavy (non-hydrogen) atoms. The van der Waals surface area contributed by atoms with Crippen LogP contribution in [0.2, 0.25) is 0 Å². The zero-order valence-electron chi connectivity index (χ0n) is 6.14. The minimum atomic E-state index is -0.888. The number of primary amides is 1. The predicted molar refractivity (Wildman–Crippen MR) is 41.8 cm³/mol. The fraction of sp³-hybridized carbons (Fsp3) is 0. The van der Waals surface area contributed by atoms with E-state index in [0.29, 0.717) is 5.69 Å². The van der Waals surface area contributed by atoms with Gasteiger partial charge in [-0.15, -0.1) is 0 Å². The summed E-state index contributed by atoms with van der Waals surface area (Å²) in [5, 5.41) is 8.90. The molecule has 0 fully saturated rings. The number of hydrogen-bond acceptors (Lipinski definition) is 4. The van der Waals surface area contributed by atoms with Crippen LogP contribution in [0.3, 0.4) is 0 Å². The van der Waals surface area contributed by atoms with Crippen LogP contribution in [-0.4, -0.2) is 21.0 Å². The zero-order chi connectivity index (χ0) is 8.97. The summed E-state index contributed by atoms with van der Waals surface area (Å²) >= 11 is 0. The van der Waals surface area contributed by atoms with Crippen molar-refractivity contribution >= 4 is 12.0 Å². The molecule has 0 aliphatic rings. The molecule has 1 aromatic rings. The van der Waals surface area contributed by atoms with Crippen molar-refractivity contribution < 1.29 is 9.90 Å². The van der Waals surface area contributed by atoms with Crippen molar-refractivity contribution in [1.82, 2.24) is 9.97 Å². The third kappa shape index (κ3) is 2.05. The van der Waals surface area contributed by atoms with Crippen LogP contribution in [-0.2, 0) is 4.79 Å². The average molecular weight is 165 g/mol. The molecule has 0 saturated heterocycles. The van der Waals surface area contributed by atoms with E-state index in [0.717, 1.165) is 6.08 Å². The molecule has 0 saturated carbocycles. The first-order valence-electron chi connectivity index (χ1n) is 3.16. The van der Waals surface area contributed by atoms with Crippen molar-refractivity contribution in [3.8, 4) is 0 Å². The Labute approximate surface area is 68.6 Å². The SMILES string of the molecule is NC(=O)C(O)=Cc1cnccn1. The summed E-state index contributed by atoms with van der Waals surface area (Å²) in [6.45, 7) is 0. The number of aromatic nitrogens is 2. The minimum absolute atomic E-state index is 0.383. The number of hydrogen-bond donors (Lipinski definition) is 2. The summed E-state index contributed by atoms with van der Waals surface area (Å²) in [6, 6.07) is 0. The number of carbonyl (C=O) groups excluding carboxylic acids is 1. The molecule has 0 spiro atoms. The van der Waals surface area contributed by atoms with E-state index in [1.54, 1.807) is 0 Å². The van der Waals surface area contributed by atoms with Crippen molar-refractivity contribution in [3.05, 3.63) is 30.0 Å². The Morgan fingerprint density at radius 1 is 1.58 bits per heavy atom. The minimum Gasteiger partial charge on any atom is -0.503 e. The Morgan fingerprint density at radius 3 is 2.83 bits per heavy atom. The molecule has 1 heterocycles. The van der Waals surface area contributed by atoms with Gasteiger partial charge in [-0.05, 0) is 0 Å². The second kappa shape index (κ2) is 3.47. The molecule has 0 aliphatic carbocycles. The second-order valence-electron chi connectivity index (χ2n) is 2.02. The van der Waals surface area contributed by atoms with Crippen molar-refractivity contribution in [3.63, 3.8) is 0 Å². The van der Waals surface area contributed by atoms with E-state index < -0.39 is 11.7 Å². The molecule has 5 nitrogen and oxygen atoms in total. The highest BCUT2D eigenvalue weighted by molar-refractivity contribution is 5.93. The maximum atomic E-state index is 10.4. The van der Waals surface area contributed by atoms with Gasteiger partial charge in [0.2, 0.25) is 0 Å². The lowest BCUT2D eigenvalue weighted by Crippen LogP contribution is -2.13. The van der Waals surface area contributed by atoms with E-state index in [-0.39, 0.29) is 0 Å². The molecule has 1 amide bonds. The van der Waals surface area contributed by atoms with Crippen LogP contribution < -0.4 is 5.73 Å². The number of carbonyl (C=O) groups is 1. The number of nitrogens with two attached hydrogens (primary N) is 1. The molecule has 3 N–H and O–H groups in total. The normalized spacial score (nSPS) is 11.2. The highest BCUT2D eigenvalue weighted by Gasteiger charge is 2.00. The van der Waals surface area contributed by atoms with Crippen molar-refractivity contribution in [2.24, 2.45) is 5.73 Å². The van der Waals surface area contributed by atoms with Crippen LogP contribution in [0, 0.1) is 0 Å². The topological polar surface area (TPSA) is 89.1 Å².